The molecule has 0 radical (unpaired) electrons. The van der Waals surface area contributed by atoms with E-state index in [1.54, 1.807) is 14.2 Å². The predicted molar refractivity (Wildman–Crippen MR) is 73.9 cm³/mol. The van der Waals surface area contributed by atoms with Crippen LogP contribution in [0.25, 0.3) is 0 Å². The maximum Gasteiger partial charge on any atom is 0.119 e. The number of hydrogen-bond donors (Lipinski definition) is 0. The Balaban J connectivity index is 2.46. The number of rotatable bonds is 7. The van der Waals surface area contributed by atoms with Crippen LogP contribution in [0.2, 0.25) is 0 Å². The molecule has 0 aromatic heterocycles. The van der Waals surface area contributed by atoms with Crippen LogP contribution in [-0.2, 0) is 11.3 Å². The number of alkyl halides is 1. The Kier molecular flexibility index (Phi) is 6.55. The Morgan fingerprint density at radius 2 is 2.12 bits per heavy atom. The van der Waals surface area contributed by atoms with Gasteiger partial charge in [0.05, 0.1) is 18.5 Å². The molecule has 0 saturated carbocycles. The summed E-state index contributed by atoms with van der Waals surface area (Å²) in [5.74, 6) is 0.906. The molecule has 1 aromatic carbocycles. The molecule has 0 aliphatic heterocycles. The first-order valence-corrected chi connectivity index (χ1v) is 6.51. The third kappa shape index (κ3) is 5.52. The maximum atomic E-state index is 5.21. The molecular weight excluding hydrogens is 282 g/mol. The van der Waals surface area contributed by atoms with Crippen molar-refractivity contribution in [1.29, 1.82) is 0 Å². The molecule has 17 heavy (non-hydrogen) atoms. The maximum absolute atomic E-state index is 5.21. The minimum absolute atomic E-state index is 0.364. The van der Waals surface area contributed by atoms with Crippen LogP contribution in [0.4, 0.5) is 0 Å². The molecule has 3 nitrogen and oxygen atoms in total. The molecule has 1 aromatic rings. The molecule has 0 fully saturated rings. The van der Waals surface area contributed by atoms with Crippen molar-refractivity contribution in [3.63, 3.8) is 0 Å². The molecule has 0 spiro atoms. The van der Waals surface area contributed by atoms with Gasteiger partial charge < -0.3 is 14.4 Å². The summed E-state index contributed by atoms with van der Waals surface area (Å²) in [5, 5.41) is 0. The van der Waals surface area contributed by atoms with E-state index in [2.05, 4.69) is 40.0 Å². The lowest BCUT2D eigenvalue weighted by Gasteiger charge is -2.20. The van der Waals surface area contributed by atoms with Crippen LogP contribution in [-0.4, -0.2) is 44.1 Å². The van der Waals surface area contributed by atoms with Crippen molar-refractivity contribution >= 4 is 15.9 Å². The van der Waals surface area contributed by atoms with Crippen molar-refractivity contribution in [2.24, 2.45) is 0 Å². The van der Waals surface area contributed by atoms with Gasteiger partial charge >= 0.3 is 0 Å². The number of halogens is 1. The van der Waals surface area contributed by atoms with E-state index < -0.39 is 0 Å². The summed E-state index contributed by atoms with van der Waals surface area (Å²) in [6.45, 7) is 2.58. The highest BCUT2D eigenvalue weighted by atomic mass is 79.9. The minimum atomic E-state index is 0.364. The van der Waals surface area contributed by atoms with E-state index in [9.17, 15) is 0 Å². The van der Waals surface area contributed by atoms with Gasteiger partial charge in [-0.05, 0) is 24.7 Å². The molecule has 1 rings (SSSR count). The Morgan fingerprint density at radius 3 is 2.76 bits per heavy atom. The smallest absolute Gasteiger partial charge is 0.119 e. The Morgan fingerprint density at radius 1 is 1.35 bits per heavy atom. The monoisotopic (exact) mass is 301 g/mol. The minimum Gasteiger partial charge on any atom is -0.497 e. The zero-order valence-corrected chi connectivity index (χ0v) is 12.2. The van der Waals surface area contributed by atoms with Crippen molar-refractivity contribution in [3.05, 3.63) is 29.8 Å². The van der Waals surface area contributed by atoms with Gasteiger partial charge in [0, 0.05) is 20.2 Å². The van der Waals surface area contributed by atoms with E-state index in [1.165, 1.54) is 5.56 Å². The Labute approximate surface area is 112 Å². The van der Waals surface area contributed by atoms with Gasteiger partial charge in [0.1, 0.15) is 5.75 Å². The van der Waals surface area contributed by atoms with Gasteiger partial charge in [-0.1, -0.05) is 28.1 Å². The molecule has 4 heteroatoms. The summed E-state index contributed by atoms with van der Waals surface area (Å²) >= 11 is 3.59. The van der Waals surface area contributed by atoms with E-state index in [0.717, 1.165) is 25.4 Å². The number of benzene rings is 1. The molecule has 0 aliphatic rings. The second-order valence-electron chi connectivity index (χ2n) is 4.10. The highest BCUT2D eigenvalue weighted by Gasteiger charge is 2.08. The molecule has 0 N–H and O–H groups in total. The highest BCUT2D eigenvalue weighted by Crippen LogP contribution is 2.14. The number of nitrogens with zero attached hydrogens (tertiary/aromatic N) is 1. The zero-order valence-electron chi connectivity index (χ0n) is 10.6. The fourth-order valence-corrected chi connectivity index (χ4v) is 2.48. The van der Waals surface area contributed by atoms with Gasteiger partial charge in [-0.25, -0.2) is 0 Å². The molecule has 0 aliphatic carbocycles. The van der Waals surface area contributed by atoms with Crippen LogP contribution in [0.5, 0.6) is 5.75 Å². The highest BCUT2D eigenvalue weighted by molar-refractivity contribution is 9.09. The van der Waals surface area contributed by atoms with Gasteiger partial charge in [-0.3, -0.25) is 0 Å². The lowest BCUT2D eigenvalue weighted by Crippen LogP contribution is -2.28. The van der Waals surface area contributed by atoms with Crippen molar-refractivity contribution in [2.45, 2.75) is 11.4 Å². The largest absolute Gasteiger partial charge is 0.497 e. The van der Waals surface area contributed by atoms with Gasteiger partial charge in [0.15, 0.2) is 0 Å². The van der Waals surface area contributed by atoms with E-state index in [4.69, 9.17) is 9.47 Å². The van der Waals surface area contributed by atoms with E-state index >= 15 is 0 Å². The van der Waals surface area contributed by atoms with Crippen LogP contribution in [0.1, 0.15) is 5.56 Å². The quantitative estimate of drug-likeness (QED) is 0.723. The topological polar surface area (TPSA) is 21.7 Å². The van der Waals surface area contributed by atoms with Crippen molar-refractivity contribution in [3.8, 4) is 5.75 Å². The summed E-state index contributed by atoms with van der Waals surface area (Å²) in [6.07, 6.45) is 0. The average molecular weight is 302 g/mol. The predicted octanol–water partition coefficient (Wildman–Crippen LogP) is 2.54. The first-order chi connectivity index (χ1) is 8.15. The third-order valence-corrected chi connectivity index (χ3v) is 3.00. The van der Waals surface area contributed by atoms with Crippen LogP contribution in [0.3, 0.4) is 0 Å². The van der Waals surface area contributed by atoms with E-state index in [-0.39, 0.29) is 0 Å². The second-order valence-corrected chi connectivity index (χ2v) is 5.40. The van der Waals surface area contributed by atoms with Gasteiger partial charge in [-0.2, -0.15) is 0 Å². The number of methoxy groups -OCH3 is 2. The van der Waals surface area contributed by atoms with Crippen molar-refractivity contribution in [2.75, 3.05) is 34.4 Å². The molecule has 0 heterocycles. The van der Waals surface area contributed by atoms with Crippen molar-refractivity contribution in [1.82, 2.24) is 4.90 Å². The first-order valence-electron chi connectivity index (χ1n) is 5.60. The Bertz CT molecular complexity index is 333. The summed E-state index contributed by atoms with van der Waals surface area (Å²) in [4.78, 5) is 2.62. The molecule has 0 saturated heterocycles. The van der Waals surface area contributed by atoms with Gasteiger partial charge in [0.25, 0.3) is 0 Å². The molecule has 1 unspecified atom stereocenters. The van der Waals surface area contributed by atoms with Crippen LogP contribution >= 0.6 is 15.9 Å². The van der Waals surface area contributed by atoms with Gasteiger partial charge in [-0.15, -0.1) is 0 Å². The fraction of sp³-hybridized carbons (Fsp3) is 0.538. The summed E-state index contributed by atoms with van der Waals surface area (Å²) < 4.78 is 10.3. The summed E-state index contributed by atoms with van der Waals surface area (Å²) in [7, 11) is 5.51. The third-order valence-electron chi connectivity index (χ3n) is 2.44. The summed E-state index contributed by atoms with van der Waals surface area (Å²) in [5.41, 5.74) is 1.25. The first kappa shape index (κ1) is 14.5. The van der Waals surface area contributed by atoms with Crippen LogP contribution in [0.15, 0.2) is 24.3 Å². The molecule has 0 amide bonds. The standard InChI is InChI=1S/C13H20BrNO2/c1-15(9-12(14)10-16-2)8-11-5-4-6-13(7-11)17-3/h4-7,12H,8-10H2,1-3H3. The molecular formula is C13H20BrNO2. The van der Waals surface area contributed by atoms with Crippen LogP contribution < -0.4 is 4.74 Å². The lowest BCUT2D eigenvalue weighted by atomic mass is 10.2. The van der Waals surface area contributed by atoms with Gasteiger partial charge in [0.2, 0.25) is 0 Å². The zero-order chi connectivity index (χ0) is 12.7. The fourth-order valence-electron chi connectivity index (χ4n) is 1.72. The molecule has 0 bridgehead atoms. The second kappa shape index (κ2) is 7.69. The Hall–Kier alpha value is -0.580. The molecule has 96 valence electrons. The molecule has 1 atom stereocenters. The summed E-state index contributed by atoms with van der Waals surface area (Å²) in [6, 6.07) is 8.15. The number of ether oxygens (including phenoxy) is 2. The van der Waals surface area contributed by atoms with E-state index in [0.29, 0.717) is 4.83 Å². The average Bonchev–Trinajstić information content (AvgIpc) is 2.29. The lowest BCUT2D eigenvalue weighted by molar-refractivity contribution is 0.185. The van der Waals surface area contributed by atoms with Crippen molar-refractivity contribution < 1.29 is 9.47 Å². The normalized spacial score (nSPS) is 12.8. The van der Waals surface area contributed by atoms with Crippen LogP contribution in [0, 0.1) is 0 Å². The number of hydrogen-bond acceptors (Lipinski definition) is 3. The SMILES string of the molecule is COCC(Br)CN(C)Cc1cccc(OC)c1. The van der Waals surface area contributed by atoms with E-state index in [1.807, 2.05) is 12.1 Å².